The molecule has 0 N–H and O–H groups in total. The predicted octanol–water partition coefficient (Wildman–Crippen LogP) is 3.51. The van der Waals surface area contributed by atoms with Crippen molar-refractivity contribution in [3.05, 3.63) is 28.5 Å². The Labute approximate surface area is 88.9 Å². The molecule has 0 amide bonds. The predicted molar refractivity (Wildman–Crippen MR) is 60.8 cm³/mol. The smallest absolute Gasteiger partial charge is 0.132 e. The molecule has 0 unspecified atom stereocenters. The van der Waals surface area contributed by atoms with Crippen molar-refractivity contribution in [1.82, 2.24) is 4.98 Å². The topological polar surface area (TPSA) is 12.9 Å². The van der Waals surface area contributed by atoms with Gasteiger partial charge >= 0.3 is 0 Å². The van der Waals surface area contributed by atoms with Crippen molar-refractivity contribution in [2.75, 3.05) is 12.0 Å². The molecule has 0 aliphatic carbocycles. The third kappa shape index (κ3) is 2.89. The molecule has 0 aromatic carbocycles. The van der Waals surface area contributed by atoms with Crippen LogP contribution < -0.4 is 0 Å². The van der Waals surface area contributed by atoms with Crippen molar-refractivity contribution in [2.24, 2.45) is 0 Å². The van der Waals surface area contributed by atoms with Gasteiger partial charge in [-0.15, -0.1) is 0 Å². The summed E-state index contributed by atoms with van der Waals surface area (Å²) in [6, 6.07) is 4.09. The minimum absolute atomic E-state index is 0.482. The van der Waals surface area contributed by atoms with Gasteiger partial charge in [0.2, 0.25) is 0 Å². The van der Waals surface area contributed by atoms with Gasteiger partial charge in [0, 0.05) is 5.69 Å². The Morgan fingerprint density at radius 3 is 2.77 bits per heavy atom. The normalized spacial score (nSPS) is 12.9. The molecule has 0 bridgehead atoms. The number of halogens is 1. The molecule has 0 spiro atoms. The first-order valence-corrected chi connectivity index (χ1v) is 6.04. The lowest BCUT2D eigenvalue weighted by Gasteiger charge is -2.11. The number of nitrogens with zero attached hydrogens (tertiary/aromatic N) is 1. The molecule has 0 aliphatic rings. The summed E-state index contributed by atoms with van der Waals surface area (Å²) in [6.45, 7) is 4.13. The Morgan fingerprint density at radius 2 is 2.23 bits per heavy atom. The van der Waals surface area contributed by atoms with Crippen LogP contribution >= 0.6 is 23.4 Å². The van der Waals surface area contributed by atoms with E-state index in [1.54, 1.807) is 0 Å². The van der Waals surface area contributed by atoms with Crippen LogP contribution in [0.15, 0.2) is 12.1 Å². The van der Waals surface area contributed by atoms with E-state index < -0.39 is 0 Å². The number of pyridine rings is 1. The zero-order valence-corrected chi connectivity index (χ0v) is 9.75. The first kappa shape index (κ1) is 10.9. The van der Waals surface area contributed by atoms with E-state index in [1.165, 1.54) is 0 Å². The van der Waals surface area contributed by atoms with Crippen molar-refractivity contribution in [3.63, 3.8) is 0 Å². The Morgan fingerprint density at radius 1 is 1.54 bits per heavy atom. The second-order valence-corrected chi connectivity index (χ2v) is 4.46. The molecule has 1 heterocycles. The quantitative estimate of drug-likeness (QED) is 0.716. The minimum atomic E-state index is 0.482. The molecule has 1 aromatic heterocycles. The summed E-state index contributed by atoms with van der Waals surface area (Å²) in [7, 11) is 0. The Balaban J connectivity index is 2.88. The lowest BCUT2D eigenvalue weighted by molar-refractivity contribution is 0.870. The van der Waals surface area contributed by atoms with Crippen LogP contribution in [0.4, 0.5) is 0 Å². The van der Waals surface area contributed by atoms with Crippen LogP contribution in [0, 0.1) is 6.92 Å². The van der Waals surface area contributed by atoms with Crippen LogP contribution in [0.2, 0.25) is 5.15 Å². The first-order valence-electron chi connectivity index (χ1n) is 4.27. The summed E-state index contributed by atoms with van der Waals surface area (Å²) in [6.07, 6.45) is 2.10. The van der Waals surface area contributed by atoms with Crippen molar-refractivity contribution >= 4 is 23.4 Å². The monoisotopic (exact) mass is 215 g/mol. The van der Waals surface area contributed by atoms with Gasteiger partial charge in [0.05, 0.1) is 0 Å². The number of aromatic nitrogens is 1. The Kier molecular flexibility index (Phi) is 4.07. The van der Waals surface area contributed by atoms with Gasteiger partial charge in [0.25, 0.3) is 0 Å². The number of rotatable bonds is 3. The van der Waals surface area contributed by atoms with E-state index in [1.807, 2.05) is 24.8 Å². The van der Waals surface area contributed by atoms with E-state index in [0.29, 0.717) is 11.1 Å². The summed E-state index contributed by atoms with van der Waals surface area (Å²) in [4.78, 5) is 4.23. The molecule has 3 heteroatoms. The van der Waals surface area contributed by atoms with Crippen molar-refractivity contribution < 1.29 is 0 Å². The second kappa shape index (κ2) is 4.87. The third-order valence-corrected chi connectivity index (χ3v) is 3.10. The molecular weight excluding hydrogens is 202 g/mol. The minimum Gasteiger partial charge on any atom is -0.241 e. The Bertz CT molecular complexity index is 288. The maximum absolute atomic E-state index is 6.04. The van der Waals surface area contributed by atoms with Gasteiger partial charge in [0.15, 0.2) is 0 Å². The first-order chi connectivity index (χ1) is 6.15. The van der Waals surface area contributed by atoms with Crippen molar-refractivity contribution in [3.8, 4) is 0 Å². The highest BCUT2D eigenvalue weighted by atomic mass is 35.5. The van der Waals surface area contributed by atoms with E-state index >= 15 is 0 Å². The summed E-state index contributed by atoms with van der Waals surface area (Å²) in [5.41, 5.74) is 2.13. The fraction of sp³-hybridized carbons (Fsp3) is 0.500. The van der Waals surface area contributed by atoms with Crippen LogP contribution in [-0.2, 0) is 0 Å². The number of thioether (sulfide) groups is 1. The fourth-order valence-electron chi connectivity index (χ4n) is 1.24. The van der Waals surface area contributed by atoms with Gasteiger partial charge in [0.1, 0.15) is 5.15 Å². The summed E-state index contributed by atoms with van der Waals surface area (Å²) < 4.78 is 0. The van der Waals surface area contributed by atoms with Gasteiger partial charge in [-0.05, 0) is 36.5 Å². The standard InChI is InChI=1S/C10H14ClNS/c1-7(6-13-3)9-5-4-8(2)12-10(9)11/h4-5,7H,6H2,1-3H3/t7-/m1/s1. The average molecular weight is 216 g/mol. The fourth-order valence-corrected chi connectivity index (χ4v) is 2.31. The van der Waals surface area contributed by atoms with Crippen LogP contribution in [-0.4, -0.2) is 17.0 Å². The van der Waals surface area contributed by atoms with Crippen molar-refractivity contribution in [2.45, 2.75) is 19.8 Å². The molecule has 72 valence electrons. The molecule has 0 saturated heterocycles. The maximum atomic E-state index is 6.04. The Hall–Kier alpha value is -0.210. The van der Waals surface area contributed by atoms with Crippen molar-refractivity contribution in [1.29, 1.82) is 0 Å². The molecular formula is C10H14ClNS. The van der Waals surface area contributed by atoms with Gasteiger partial charge < -0.3 is 0 Å². The number of aryl methyl sites for hydroxylation is 1. The van der Waals surface area contributed by atoms with Crippen LogP contribution in [0.1, 0.15) is 24.1 Å². The third-order valence-electron chi connectivity index (χ3n) is 1.96. The largest absolute Gasteiger partial charge is 0.241 e. The maximum Gasteiger partial charge on any atom is 0.132 e. The average Bonchev–Trinajstić information content (AvgIpc) is 2.04. The highest BCUT2D eigenvalue weighted by Crippen LogP contribution is 2.25. The second-order valence-electron chi connectivity index (χ2n) is 3.19. The molecule has 13 heavy (non-hydrogen) atoms. The highest BCUT2D eigenvalue weighted by Gasteiger charge is 2.09. The molecule has 1 atom stereocenters. The van der Waals surface area contributed by atoms with Crippen LogP contribution in [0.25, 0.3) is 0 Å². The van der Waals surface area contributed by atoms with E-state index in [9.17, 15) is 0 Å². The molecule has 1 nitrogen and oxygen atoms in total. The summed E-state index contributed by atoms with van der Waals surface area (Å²) in [5, 5.41) is 0.654. The number of hydrogen-bond donors (Lipinski definition) is 0. The number of hydrogen-bond acceptors (Lipinski definition) is 2. The summed E-state index contributed by atoms with van der Waals surface area (Å²) in [5.74, 6) is 1.57. The van der Waals surface area contributed by atoms with Gasteiger partial charge in [-0.3, -0.25) is 0 Å². The molecule has 0 aliphatic heterocycles. The van der Waals surface area contributed by atoms with Gasteiger partial charge in [-0.1, -0.05) is 24.6 Å². The van der Waals surface area contributed by atoms with Gasteiger partial charge in [-0.25, -0.2) is 4.98 Å². The molecule has 0 radical (unpaired) electrons. The van der Waals surface area contributed by atoms with Crippen LogP contribution in [0.3, 0.4) is 0 Å². The zero-order chi connectivity index (χ0) is 9.84. The van der Waals surface area contributed by atoms with E-state index in [4.69, 9.17) is 11.6 Å². The lowest BCUT2D eigenvalue weighted by Crippen LogP contribution is -1.99. The molecule has 0 fully saturated rings. The van der Waals surface area contributed by atoms with E-state index in [0.717, 1.165) is 17.0 Å². The molecule has 0 saturated carbocycles. The zero-order valence-electron chi connectivity index (χ0n) is 8.17. The molecule has 1 rings (SSSR count). The lowest BCUT2D eigenvalue weighted by atomic mass is 10.1. The summed E-state index contributed by atoms with van der Waals surface area (Å²) >= 11 is 7.87. The van der Waals surface area contributed by atoms with Crippen LogP contribution in [0.5, 0.6) is 0 Å². The SMILES string of the molecule is CSC[C@@H](C)c1ccc(C)nc1Cl. The van der Waals surface area contributed by atoms with Gasteiger partial charge in [-0.2, -0.15) is 11.8 Å². The molecule has 1 aromatic rings. The highest BCUT2D eigenvalue weighted by molar-refractivity contribution is 7.98. The van der Waals surface area contributed by atoms with E-state index in [-0.39, 0.29) is 0 Å². The van der Waals surface area contributed by atoms with E-state index in [2.05, 4.69) is 24.2 Å².